The van der Waals surface area contributed by atoms with E-state index in [2.05, 4.69) is 20.6 Å². The molecule has 1 aromatic rings. The van der Waals surface area contributed by atoms with Crippen molar-refractivity contribution in [2.45, 2.75) is 32.4 Å². The molecule has 4 nitrogen and oxygen atoms in total. The van der Waals surface area contributed by atoms with Gasteiger partial charge >= 0.3 is 6.18 Å². The van der Waals surface area contributed by atoms with Gasteiger partial charge in [-0.1, -0.05) is 6.92 Å². The molecule has 0 atom stereocenters. The largest absolute Gasteiger partial charge is 0.433 e. The summed E-state index contributed by atoms with van der Waals surface area (Å²) in [5.41, 5.74) is -0.928. The summed E-state index contributed by atoms with van der Waals surface area (Å²) in [6.45, 7) is 3.06. The lowest BCUT2D eigenvalue weighted by Crippen LogP contribution is -2.15. The Balaban J connectivity index is 2.72. The molecule has 0 bridgehead atoms. The van der Waals surface area contributed by atoms with Crippen LogP contribution in [0.2, 0.25) is 0 Å². The van der Waals surface area contributed by atoms with E-state index < -0.39 is 11.9 Å². The minimum Gasteiger partial charge on any atom is -0.370 e. The van der Waals surface area contributed by atoms with Gasteiger partial charge in [0.25, 0.3) is 0 Å². The van der Waals surface area contributed by atoms with E-state index in [1.54, 1.807) is 11.8 Å². The molecular formula is C13H21F3N4S. The molecule has 0 aliphatic rings. The molecule has 0 saturated heterocycles. The number of hydrogen-bond acceptors (Lipinski definition) is 5. The van der Waals surface area contributed by atoms with Crippen LogP contribution in [0.15, 0.2) is 6.07 Å². The van der Waals surface area contributed by atoms with Gasteiger partial charge in [0.05, 0.1) is 0 Å². The highest BCUT2D eigenvalue weighted by atomic mass is 32.2. The maximum Gasteiger partial charge on any atom is 0.433 e. The third-order valence-electron chi connectivity index (χ3n) is 2.63. The van der Waals surface area contributed by atoms with Crippen LogP contribution in [0.1, 0.15) is 31.9 Å². The Kier molecular flexibility index (Phi) is 7.63. The average Bonchev–Trinajstić information content (AvgIpc) is 2.44. The van der Waals surface area contributed by atoms with Crippen LogP contribution in [0.25, 0.3) is 0 Å². The molecule has 0 unspecified atom stereocenters. The smallest absolute Gasteiger partial charge is 0.370 e. The third-order valence-corrected chi connectivity index (χ3v) is 3.33. The summed E-state index contributed by atoms with van der Waals surface area (Å²) >= 11 is 1.75. The normalized spacial score (nSPS) is 11.5. The molecule has 0 saturated carbocycles. The molecule has 1 aromatic heterocycles. The second-order valence-electron chi connectivity index (χ2n) is 4.51. The average molecular weight is 322 g/mol. The molecule has 0 aliphatic carbocycles. The highest BCUT2D eigenvalue weighted by Gasteiger charge is 2.33. The number of unbranched alkanes of at least 4 members (excludes halogenated alkanes) is 1. The third kappa shape index (κ3) is 6.88. The second kappa shape index (κ2) is 8.96. The molecule has 0 fully saturated rings. The number of rotatable bonds is 9. The number of anilines is 2. The molecule has 0 radical (unpaired) electrons. The van der Waals surface area contributed by atoms with Crippen LogP contribution in [0.4, 0.5) is 24.9 Å². The summed E-state index contributed by atoms with van der Waals surface area (Å²) in [6, 6.07) is 0.950. The first-order chi connectivity index (χ1) is 9.97. The molecule has 2 N–H and O–H groups in total. The number of thioether (sulfide) groups is 1. The fourth-order valence-electron chi connectivity index (χ4n) is 1.59. The maximum atomic E-state index is 12.8. The van der Waals surface area contributed by atoms with Crippen molar-refractivity contribution in [3.63, 3.8) is 0 Å². The summed E-state index contributed by atoms with van der Waals surface area (Å²) < 4.78 is 38.4. The summed E-state index contributed by atoms with van der Waals surface area (Å²) in [5.74, 6) is 1.26. The number of halogens is 3. The van der Waals surface area contributed by atoms with Crippen LogP contribution < -0.4 is 10.6 Å². The molecule has 0 aromatic carbocycles. The zero-order chi connectivity index (χ0) is 15.7. The van der Waals surface area contributed by atoms with E-state index in [4.69, 9.17) is 0 Å². The van der Waals surface area contributed by atoms with Crippen molar-refractivity contribution in [2.24, 2.45) is 0 Å². The number of aromatic nitrogens is 2. The van der Waals surface area contributed by atoms with Gasteiger partial charge in [-0.15, -0.1) is 0 Å². The maximum absolute atomic E-state index is 12.8. The molecule has 0 amide bonds. The lowest BCUT2D eigenvalue weighted by Gasteiger charge is -2.12. The first kappa shape index (κ1) is 17.9. The predicted molar refractivity (Wildman–Crippen MR) is 81.9 cm³/mol. The summed E-state index contributed by atoms with van der Waals surface area (Å²) in [4.78, 5) is 7.57. The van der Waals surface area contributed by atoms with Crippen molar-refractivity contribution < 1.29 is 13.2 Å². The zero-order valence-electron chi connectivity index (χ0n) is 12.3. The molecule has 1 rings (SSSR count). The Bertz CT molecular complexity index is 426. The Morgan fingerprint density at radius 2 is 1.90 bits per heavy atom. The second-order valence-corrected chi connectivity index (χ2v) is 5.50. The highest BCUT2D eigenvalue weighted by Crippen LogP contribution is 2.29. The standard InChI is InChI=1S/C13H21F3N4S/c1-3-6-18-12-19-10(13(14,15)16)9-11(20-12)17-7-4-5-8-21-2/h9H,3-8H2,1-2H3,(H2,17,18,19,20). The SMILES string of the molecule is CCCNc1nc(NCCCCSC)cc(C(F)(F)F)n1. The topological polar surface area (TPSA) is 49.8 Å². The first-order valence-corrected chi connectivity index (χ1v) is 8.29. The fraction of sp³-hybridized carbons (Fsp3) is 0.692. The van der Waals surface area contributed by atoms with Crippen molar-refractivity contribution in [1.82, 2.24) is 9.97 Å². The number of hydrogen-bond donors (Lipinski definition) is 2. The minimum atomic E-state index is -4.47. The van der Waals surface area contributed by atoms with E-state index >= 15 is 0 Å². The summed E-state index contributed by atoms with van der Waals surface area (Å²) in [5, 5.41) is 5.72. The Labute approximate surface area is 127 Å². The van der Waals surface area contributed by atoms with Crippen molar-refractivity contribution in [2.75, 3.05) is 35.7 Å². The van der Waals surface area contributed by atoms with Gasteiger partial charge in [0.1, 0.15) is 5.82 Å². The molecule has 120 valence electrons. The van der Waals surface area contributed by atoms with Crippen molar-refractivity contribution in [1.29, 1.82) is 0 Å². The first-order valence-electron chi connectivity index (χ1n) is 6.90. The minimum absolute atomic E-state index is 0.0123. The Hall–Kier alpha value is -1.18. The van der Waals surface area contributed by atoms with E-state index in [9.17, 15) is 13.2 Å². The molecule has 21 heavy (non-hydrogen) atoms. The van der Waals surface area contributed by atoms with E-state index in [1.165, 1.54) is 0 Å². The Morgan fingerprint density at radius 1 is 1.14 bits per heavy atom. The van der Waals surface area contributed by atoms with E-state index in [0.717, 1.165) is 31.1 Å². The van der Waals surface area contributed by atoms with Gasteiger partial charge in [-0.05, 0) is 31.3 Å². The number of nitrogens with zero attached hydrogens (tertiary/aromatic N) is 2. The number of nitrogens with one attached hydrogen (secondary N) is 2. The lowest BCUT2D eigenvalue weighted by atomic mass is 10.3. The number of alkyl halides is 3. The van der Waals surface area contributed by atoms with Crippen molar-refractivity contribution in [3.8, 4) is 0 Å². The van der Waals surface area contributed by atoms with Gasteiger partial charge < -0.3 is 10.6 Å². The van der Waals surface area contributed by atoms with Crippen LogP contribution in [-0.4, -0.2) is 35.1 Å². The van der Waals surface area contributed by atoms with Crippen LogP contribution in [0.3, 0.4) is 0 Å². The monoisotopic (exact) mass is 322 g/mol. The van der Waals surface area contributed by atoms with Gasteiger partial charge in [0, 0.05) is 19.2 Å². The predicted octanol–water partition coefficient (Wildman–Crippen LogP) is 3.87. The zero-order valence-corrected chi connectivity index (χ0v) is 13.1. The quantitative estimate of drug-likeness (QED) is 0.676. The van der Waals surface area contributed by atoms with Crippen molar-refractivity contribution in [3.05, 3.63) is 11.8 Å². The van der Waals surface area contributed by atoms with E-state index in [0.29, 0.717) is 13.1 Å². The van der Waals surface area contributed by atoms with E-state index in [1.807, 2.05) is 13.2 Å². The molecule has 0 aliphatic heterocycles. The summed E-state index contributed by atoms with van der Waals surface area (Å²) in [7, 11) is 0. The van der Waals surface area contributed by atoms with Crippen LogP contribution in [0, 0.1) is 0 Å². The van der Waals surface area contributed by atoms with E-state index in [-0.39, 0.29) is 11.8 Å². The van der Waals surface area contributed by atoms with Crippen LogP contribution >= 0.6 is 11.8 Å². The molecule has 1 heterocycles. The fourth-order valence-corrected chi connectivity index (χ4v) is 2.08. The van der Waals surface area contributed by atoms with Crippen LogP contribution in [-0.2, 0) is 6.18 Å². The summed E-state index contributed by atoms with van der Waals surface area (Å²) in [6.07, 6.45) is 0.257. The lowest BCUT2D eigenvalue weighted by molar-refractivity contribution is -0.141. The Morgan fingerprint density at radius 3 is 2.52 bits per heavy atom. The molecule has 8 heteroatoms. The van der Waals surface area contributed by atoms with Crippen molar-refractivity contribution >= 4 is 23.5 Å². The molecular weight excluding hydrogens is 301 g/mol. The van der Waals surface area contributed by atoms with Gasteiger partial charge in [0.2, 0.25) is 5.95 Å². The highest BCUT2D eigenvalue weighted by molar-refractivity contribution is 7.98. The molecule has 0 spiro atoms. The van der Waals surface area contributed by atoms with Gasteiger partial charge in [0.15, 0.2) is 5.69 Å². The van der Waals surface area contributed by atoms with Gasteiger partial charge in [-0.3, -0.25) is 0 Å². The van der Waals surface area contributed by atoms with Gasteiger partial charge in [-0.2, -0.15) is 29.9 Å². The van der Waals surface area contributed by atoms with Gasteiger partial charge in [-0.25, -0.2) is 4.98 Å². The van der Waals surface area contributed by atoms with Crippen LogP contribution in [0.5, 0.6) is 0 Å².